The number of benzene rings is 2. The van der Waals surface area contributed by atoms with E-state index in [1.807, 2.05) is 18.2 Å². The van der Waals surface area contributed by atoms with Gasteiger partial charge in [-0.2, -0.15) is 0 Å². The topological polar surface area (TPSA) is 97.8 Å². The second-order valence-corrected chi connectivity index (χ2v) is 9.36. The van der Waals surface area contributed by atoms with Crippen LogP contribution in [-0.2, 0) is 10.2 Å². The lowest BCUT2D eigenvalue weighted by molar-refractivity contribution is -0.118. The minimum atomic E-state index is -0.976. The van der Waals surface area contributed by atoms with Crippen LogP contribution >= 0.6 is 23.1 Å². The van der Waals surface area contributed by atoms with E-state index in [1.54, 1.807) is 30.5 Å². The summed E-state index contributed by atoms with van der Waals surface area (Å²) in [5.74, 6) is 0.281. The Morgan fingerprint density at radius 2 is 1.93 bits per heavy atom. The number of anilines is 1. The number of hydrogen-bond acceptors (Lipinski definition) is 7. The molecule has 0 bridgehead atoms. The molecule has 1 aliphatic heterocycles. The van der Waals surface area contributed by atoms with Crippen molar-refractivity contribution < 1.29 is 24.2 Å². The fraction of sp³-hybridized carbons (Fsp3) is 0.190. The Hall–Kier alpha value is -3.04. The Bertz CT molecular complexity index is 1160. The van der Waals surface area contributed by atoms with Crippen molar-refractivity contribution in [3.8, 4) is 11.5 Å². The lowest BCUT2D eigenvalue weighted by Crippen LogP contribution is -2.27. The van der Waals surface area contributed by atoms with Crippen LogP contribution in [0.5, 0.6) is 11.5 Å². The number of nitrogens with one attached hydrogen (secondary N) is 1. The van der Waals surface area contributed by atoms with Crippen molar-refractivity contribution in [1.82, 2.24) is 4.98 Å². The number of hydrogen-bond donors (Lipinski definition) is 2. The van der Waals surface area contributed by atoms with E-state index in [4.69, 9.17) is 9.47 Å². The van der Waals surface area contributed by atoms with Crippen LogP contribution in [0.25, 0.3) is 0 Å². The highest BCUT2D eigenvalue weighted by Crippen LogP contribution is 2.51. The molecular formula is C21H16N2O5S2. The molecule has 9 heteroatoms. The van der Waals surface area contributed by atoms with E-state index >= 15 is 0 Å². The van der Waals surface area contributed by atoms with Crippen molar-refractivity contribution in [1.29, 1.82) is 0 Å². The highest BCUT2D eigenvalue weighted by atomic mass is 32.2. The quantitative estimate of drug-likeness (QED) is 0.587. The maximum absolute atomic E-state index is 13.0. The number of nitrogens with zero attached hydrogens (tertiary/aromatic N) is 1. The van der Waals surface area contributed by atoms with Gasteiger partial charge in [0.15, 0.2) is 16.6 Å². The molecule has 0 atom stereocenters. The molecule has 2 N–H and O–H groups in total. The SMILES string of the molecule is O=C(O)c1ccccc1Sc1cnc(NC(=O)C2(c3ccc4c(c3)OCO4)CC2)s1. The second kappa shape index (κ2) is 7.33. The first-order valence-electron chi connectivity index (χ1n) is 9.23. The lowest BCUT2D eigenvalue weighted by Gasteiger charge is -2.15. The fourth-order valence-electron chi connectivity index (χ4n) is 3.39. The van der Waals surface area contributed by atoms with E-state index in [0.29, 0.717) is 21.5 Å². The van der Waals surface area contributed by atoms with Gasteiger partial charge in [0.05, 0.1) is 21.4 Å². The molecule has 1 amide bonds. The number of amides is 1. The summed E-state index contributed by atoms with van der Waals surface area (Å²) in [7, 11) is 0. The third-order valence-corrected chi connectivity index (χ3v) is 7.23. The van der Waals surface area contributed by atoms with Crippen LogP contribution in [0.1, 0.15) is 28.8 Å². The van der Waals surface area contributed by atoms with Crippen molar-refractivity contribution in [3.63, 3.8) is 0 Å². The maximum Gasteiger partial charge on any atom is 0.336 e. The third kappa shape index (κ3) is 3.40. The molecule has 7 nitrogen and oxygen atoms in total. The molecule has 152 valence electrons. The van der Waals surface area contributed by atoms with Gasteiger partial charge >= 0.3 is 5.97 Å². The summed E-state index contributed by atoms with van der Waals surface area (Å²) in [5.41, 5.74) is 0.572. The summed E-state index contributed by atoms with van der Waals surface area (Å²) in [6.07, 6.45) is 3.17. The summed E-state index contributed by atoms with van der Waals surface area (Å²) in [5, 5.41) is 12.7. The van der Waals surface area contributed by atoms with Crippen molar-refractivity contribution in [2.75, 3.05) is 12.1 Å². The predicted octanol–water partition coefficient (Wildman–Crippen LogP) is 4.39. The van der Waals surface area contributed by atoms with Gasteiger partial charge in [-0.05, 0) is 42.7 Å². The molecule has 1 fully saturated rings. The van der Waals surface area contributed by atoms with Crippen LogP contribution in [0.2, 0.25) is 0 Å². The first kappa shape index (κ1) is 19.0. The molecule has 3 aromatic rings. The summed E-state index contributed by atoms with van der Waals surface area (Å²) in [4.78, 5) is 29.3. The Kier molecular flexibility index (Phi) is 4.63. The molecule has 2 heterocycles. The lowest BCUT2D eigenvalue weighted by atomic mass is 9.94. The van der Waals surface area contributed by atoms with E-state index in [1.165, 1.54) is 23.1 Å². The number of carbonyl (C=O) groups is 2. The largest absolute Gasteiger partial charge is 0.478 e. The normalized spacial score (nSPS) is 15.6. The highest BCUT2D eigenvalue weighted by molar-refractivity contribution is 8.01. The van der Waals surface area contributed by atoms with Gasteiger partial charge in [0, 0.05) is 4.90 Å². The van der Waals surface area contributed by atoms with Gasteiger partial charge in [-0.1, -0.05) is 41.3 Å². The summed E-state index contributed by atoms with van der Waals surface area (Å²) in [6.45, 7) is 0.197. The molecule has 0 saturated heterocycles. The second-order valence-electron chi connectivity index (χ2n) is 6.99. The van der Waals surface area contributed by atoms with Gasteiger partial charge in [0.1, 0.15) is 0 Å². The molecule has 1 aliphatic carbocycles. The van der Waals surface area contributed by atoms with E-state index in [2.05, 4.69) is 10.3 Å². The number of ether oxygens (including phenoxy) is 2. The zero-order valence-corrected chi connectivity index (χ0v) is 17.2. The summed E-state index contributed by atoms with van der Waals surface area (Å²) >= 11 is 2.63. The van der Waals surface area contributed by atoms with Gasteiger partial charge in [-0.15, -0.1) is 0 Å². The Labute approximate surface area is 180 Å². The Balaban J connectivity index is 1.31. The third-order valence-electron chi connectivity index (χ3n) is 5.14. The van der Waals surface area contributed by atoms with Crippen molar-refractivity contribution in [2.45, 2.75) is 27.4 Å². The van der Waals surface area contributed by atoms with Gasteiger partial charge in [-0.25, -0.2) is 9.78 Å². The number of aromatic nitrogens is 1. The van der Waals surface area contributed by atoms with Gasteiger partial charge in [0.25, 0.3) is 0 Å². The predicted molar refractivity (Wildman–Crippen MR) is 112 cm³/mol. The molecule has 0 spiro atoms. The molecule has 2 aromatic carbocycles. The van der Waals surface area contributed by atoms with Crippen LogP contribution in [0, 0.1) is 0 Å². The van der Waals surface area contributed by atoms with Crippen molar-refractivity contribution in [2.24, 2.45) is 0 Å². The molecule has 2 aliphatic rings. The van der Waals surface area contributed by atoms with E-state index < -0.39 is 11.4 Å². The van der Waals surface area contributed by atoms with E-state index in [0.717, 1.165) is 22.6 Å². The molecule has 30 heavy (non-hydrogen) atoms. The molecule has 0 unspecified atom stereocenters. The van der Waals surface area contributed by atoms with Crippen molar-refractivity contribution >= 4 is 40.1 Å². The van der Waals surface area contributed by atoms with Gasteiger partial charge in [-0.3, -0.25) is 4.79 Å². The average molecular weight is 441 g/mol. The first-order chi connectivity index (χ1) is 14.5. The fourth-order valence-corrected chi connectivity index (χ4v) is 5.34. The number of aromatic carboxylic acids is 1. The number of rotatable bonds is 6. The highest BCUT2D eigenvalue weighted by Gasteiger charge is 2.52. The Morgan fingerprint density at radius 1 is 1.13 bits per heavy atom. The first-order valence-corrected chi connectivity index (χ1v) is 10.9. The van der Waals surface area contributed by atoms with Gasteiger partial charge < -0.3 is 19.9 Å². The van der Waals surface area contributed by atoms with E-state index in [-0.39, 0.29) is 18.3 Å². The molecular weight excluding hydrogens is 424 g/mol. The minimum Gasteiger partial charge on any atom is -0.478 e. The smallest absolute Gasteiger partial charge is 0.336 e. The van der Waals surface area contributed by atoms with Gasteiger partial charge in [0.2, 0.25) is 12.7 Å². The number of thiazole rings is 1. The van der Waals surface area contributed by atoms with Crippen LogP contribution in [0.15, 0.2) is 57.8 Å². The number of carboxylic acid groups (broad SMARTS) is 1. The van der Waals surface area contributed by atoms with Crippen LogP contribution in [0.3, 0.4) is 0 Å². The molecule has 1 saturated carbocycles. The summed E-state index contributed by atoms with van der Waals surface area (Å²) < 4.78 is 11.6. The summed E-state index contributed by atoms with van der Waals surface area (Å²) in [6, 6.07) is 12.4. The van der Waals surface area contributed by atoms with Crippen LogP contribution < -0.4 is 14.8 Å². The number of fused-ring (bicyclic) bond motifs is 1. The van der Waals surface area contributed by atoms with E-state index in [9.17, 15) is 14.7 Å². The molecule has 5 rings (SSSR count). The Morgan fingerprint density at radius 3 is 2.73 bits per heavy atom. The maximum atomic E-state index is 13.0. The van der Waals surface area contributed by atoms with Crippen LogP contribution in [-0.4, -0.2) is 28.8 Å². The van der Waals surface area contributed by atoms with Crippen LogP contribution in [0.4, 0.5) is 5.13 Å². The number of carboxylic acids is 1. The standard InChI is InChI=1S/C21H16N2O5S2/c24-18(25)13-3-1-2-4-16(13)29-17-10-22-20(30-17)23-19(26)21(7-8-21)12-5-6-14-15(9-12)28-11-27-14/h1-6,9-10H,7-8,11H2,(H,24,25)(H,22,23,26). The molecule has 1 aromatic heterocycles. The zero-order valence-electron chi connectivity index (χ0n) is 15.6. The average Bonchev–Trinajstić information content (AvgIpc) is 3.22. The minimum absolute atomic E-state index is 0.0989. The molecule has 0 radical (unpaired) electrons. The number of carbonyl (C=O) groups excluding carboxylic acids is 1. The zero-order chi connectivity index (χ0) is 20.7. The monoisotopic (exact) mass is 440 g/mol. The van der Waals surface area contributed by atoms with Crippen molar-refractivity contribution in [3.05, 3.63) is 59.8 Å².